The van der Waals surface area contributed by atoms with Crippen LogP contribution in [0.1, 0.15) is 13.3 Å². The standard InChI is InChI=1S/C11H12N4O2S3/c1-2-4-15-10(13-14-11(15)20(12,16)17)9-6-8-7(19-9)3-5-18-8/h3,5-6H,2,4H2,1H3,(H2,12,16,17). The number of hydrogen-bond donors (Lipinski definition) is 1. The quantitative estimate of drug-likeness (QED) is 0.795. The summed E-state index contributed by atoms with van der Waals surface area (Å²) < 4.78 is 27.0. The molecule has 0 spiro atoms. The Bertz CT molecular complexity index is 831. The van der Waals surface area contributed by atoms with Crippen LogP contribution in [0.25, 0.3) is 20.1 Å². The second-order valence-electron chi connectivity index (χ2n) is 4.26. The predicted molar refractivity (Wildman–Crippen MR) is 80.4 cm³/mol. The van der Waals surface area contributed by atoms with Crippen LogP contribution in [0.5, 0.6) is 0 Å². The third kappa shape index (κ3) is 2.26. The van der Waals surface area contributed by atoms with Crippen molar-refractivity contribution in [1.82, 2.24) is 14.8 Å². The summed E-state index contributed by atoms with van der Waals surface area (Å²) in [5.41, 5.74) is 0. The SMILES string of the molecule is CCCn1c(-c2cc3sccc3s2)nnc1S(N)(=O)=O. The van der Waals surface area contributed by atoms with Crippen molar-refractivity contribution in [3.63, 3.8) is 0 Å². The van der Waals surface area contributed by atoms with E-state index in [2.05, 4.69) is 10.2 Å². The maximum absolute atomic E-state index is 11.6. The van der Waals surface area contributed by atoms with Crippen molar-refractivity contribution in [2.45, 2.75) is 25.0 Å². The molecule has 106 valence electrons. The summed E-state index contributed by atoms with van der Waals surface area (Å²) in [4.78, 5) is 0.905. The lowest BCUT2D eigenvalue weighted by Crippen LogP contribution is -2.18. The normalized spacial score (nSPS) is 12.3. The van der Waals surface area contributed by atoms with Crippen LogP contribution in [0.2, 0.25) is 0 Å². The van der Waals surface area contributed by atoms with Crippen LogP contribution < -0.4 is 5.14 Å². The van der Waals surface area contributed by atoms with E-state index in [0.29, 0.717) is 12.4 Å². The van der Waals surface area contributed by atoms with E-state index < -0.39 is 10.0 Å². The fourth-order valence-corrected chi connectivity index (χ4v) is 4.72. The number of primary sulfonamides is 1. The van der Waals surface area contributed by atoms with Crippen LogP contribution in [-0.4, -0.2) is 23.2 Å². The van der Waals surface area contributed by atoms with Gasteiger partial charge in [0.2, 0.25) is 0 Å². The largest absolute Gasteiger partial charge is 0.296 e. The molecule has 0 aliphatic heterocycles. The highest BCUT2D eigenvalue weighted by Gasteiger charge is 2.22. The molecule has 0 atom stereocenters. The number of thiophene rings is 2. The minimum atomic E-state index is -3.86. The average Bonchev–Trinajstić information content (AvgIpc) is 2.98. The summed E-state index contributed by atoms with van der Waals surface area (Å²) in [6.07, 6.45) is 0.771. The molecule has 0 saturated heterocycles. The van der Waals surface area contributed by atoms with E-state index in [-0.39, 0.29) is 5.16 Å². The van der Waals surface area contributed by atoms with E-state index in [1.807, 2.05) is 24.4 Å². The van der Waals surface area contributed by atoms with Crippen LogP contribution in [0.15, 0.2) is 22.7 Å². The van der Waals surface area contributed by atoms with Gasteiger partial charge < -0.3 is 0 Å². The van der Waals surface area contributed by atoms with E-state index in [1.54, 1.807) is 27.2 Å². The second kappa shape index (κ2) is 4.92. The summed E-state index contributed by atoms with van der Waals surface area (Å²) in [5, 5.41) is 14.8. The van der Waals surface area contributed by atoms with Crippen molar-refractivity contribution in [2.24, 2.45) is 5.14 Å². The summed E-state index contributed by atoms with van der Waals surface area (Å²) in [7, 11) is -3.86. The Hall–Kier alpha value is -1.29. The van der Waals surface area contributed by atoms with Crippen LogP contribution in [0, 0.1) is 0 Å². The summed E-state index contributed by atoms with van der Waals surface area (Å²) in [6.45, 7) is 2.48. The number of fused-ring (bicyclic) bond motifs is 1. The van der Waals surface area contributed by atoms with Crippen molar-refractivity contribution < 1.29 is 8.42 Å². The molecule has 0 bridgehead atoms. The zero-order valence-electron chi connectivity index (χ0n) is 10.6. The van der Waals surface area contributed by atoms with Gasteiger partial charge in [0.15, 0.2) is 5.82 Å². The van der Waals surface area contributed by atoms with Crippen molar-refractivity contribution in [1.29, 1.82) is 0 Å². The fourth-order valence-electron chi connectivity index (χ4n) is 1.98. The van der Waals surface area contributed by atoms with Crippen molar-refractivity contribution in [3.8, 4) is 10.7 Å². The molecule has 20 heavy (non-hydrogen) atoms. The Morgan fingerprint density at radius 1 is 1.35 bits per heavy atom. The lowest BCUT2D eigenvalue weighted by molar-refractivity contribution is 0.560. The van der Waals surface area contributed by atoms with Crippen molar-refractivity contribution in [3.05, 3.63) is 17.5 Å². The Morgan fingerprint density at radius 3 is 2.80 bits per heavy atom. The number of sulfonamides is 1. The van der Waals surface area contributed by atoms with Crippen molar-refractivity contribution in [2.75, 3.05) is 0 Å². The van der Waals surface area contributed by atoms with E-state index in [1.165, 1.54) is 0 Å². The molecule has 3 rings (SSSR count). The van der Waals surface area contributed by atoms with Gasteiger partial charge in [-0.15, -0.1) is 32.9 Å². The molecule has 6 nitrogen and oxygen atoms in total. The molecule has 3 aromatic heterocycles. The van der Waals surface area contributed by atoms with Gasteiger partial charge in [0.05, 0.1) is 4.88 Å². The minimum absolute atomic E-state index is 0.175. The third-order valence-electron chi connectivity index (χ3n) is 2.78. The molecule has 9 heteroatoms. The molecule has 3 heterocycles. The molecule has 2 N–H and O–H groups in total. The van der Waals surface area contributed by atoms with E-state index in [9.17, 15) is 8.42 Å². The zero-order chi connectivity index (χ0) is 14.3. The molecule has 0 fully saturated rings. The van der Waals surface area contributed by atoms with Gasteiger partial charge in [-0.25, -0.2) is 13.6 Å². The maximum Gasteiger partial charge on any atom is 0.273 e. The third-order valence-corrected chi connectivity index (χ3v) is 5.68. The zero-order valence-corrected chi connectivity index (χ0v) is 13.1. The van der Waals surface area contributed by atoms with Crippen LogP contribution in [0.4, 0.5) is 0 Å². The minimum Gasteiger partial charge on any atom is -0.296 e. The number of hydrogen-bond acceptors (Lipinski definition) is 6. The highest BCUT2D eigenvalue weighted by Crippen LogP contribution is 2.36. The Labute approximate surface area is 123 Å². The predicted octanol–water partition coefficient (Wildman–Crippen LogP) is 2.28. The summed E-state index contributed by atoms with van der Waals surface area (Å²) >= 11 is 3.22. The molecule has 0 aliphatic rings. The van der Waals surface area contributed by atoms with E-state index >= 15 is 0 Å². The van der Waals surface area contributed by atoms with Gasteiger partial charge in [-0.1, -0.05) is 6.92 Å². The van der Waals surface area contributed by atoms with Gasteiger partial charge in [-0.05, 0) is 23.9 Å². The highest BCUT2D eigenvalue weighted by atomic mass is 32.2. The number of nitrogens with zero attached hydrogens (tertiary/aromatic N) is 3. The monoisotopic (exact) mass is 328 g/mol. The molecule has 0 amide bonds. The summed E-state index contributed by atoms with van der Waals surface area (Å²) in [5.74, 6) is 0.560. The van der Waals surface area contributed by atoms with Crippen molar-refractivity contribution >= 4 is 42.1 Å². The first-order chi connectivity index (χ1) is 9.50. The van der Waals surface area contributed by atoms with Gasteiger partial charge in [0, 0.05) is 15.9 Å². The Morgan fingerprint density at radius 2 is 2.15 bits per heavy atom. The smallest absolute Gasteiger partial charge is 0.273 e. The maximum atomic E-state index is 11.6. The molecule has 0 unspecified atom stereocenters. The first kappa shape index (κ1) is 13.7. The molecule has 0 radical (unpaired) electrons. The molecule has 0 aliphatic carbocycles. The van der Waals surface area contributed by atoms with Gasteiger partial charge in [0.25, 0.3) is 15.2 Å². The number of nitrogens with two attached hydrogens (primary N) is 1. The van der Waals surface area contributed by atoms with E-state index in [4.69, 9.17) is 5.14 Å². The topological polar surface area (TPSA) is 90.9 Å². The van der Waals surface area contributed by atoms with Gasteiger partial charge in [-0.2, -0.15) is 0 Å². The average molecular weight is 328 g/mol. The van der Waals surface area contributed by atoms with E-state index in [0.717, 1.165) is 20.7 Å². The van der Waals surface area contributed by atoms with Crippen LogP contribution in [0.3, 0.4) is 0 Å². The number of rotatable bonds is 4. The van der Waals surface area contributed by atoms with Gasteiger partial charge >= 0.3 is 0 Å². The Kier molecular flexibility index (Phi) is 3.36. The van der Waals surface area contributed by atoms with Crippen LogP contribution >= 0.6 is 22.7 Å². The molecular weight excluding hydrogens is 316 g/mol. The first-order valence-electron chi connectivity index (χ1n) is 5.94. The summed E-state index contributed by atoms with van der Waals surface area (Å²) in [6, 6.07) is 4.04. The second-order valence-corrected chi connectivity index (χ2v) is 7.75. The lowest BCUT2D eigenvalue weighted by Gasteiger charge is -2.06. The molecule has 0 saturated carbocycles. The molecule has 0 aromatic carbocycles. The molecular formula is C11H12N4O2S3. The lowest BCUT2D eigenvalue weighted by atomic mass is 10.4. The highest BCUT2D eigenvalue weighted by molar-refractivity contribution is 7.89. The first-order valence-corrected chi connectivity index (χ1v) is 9.18. The van der Waals surface area contributed by atoms with Crippen LogP contribution in [-0.2, 0) is 16.6 Å². The fraction of sp³-hybridized carbons (Fsp3) is 0.273. The molecule has 3 aromatic rings. The van der Waals surface area contributed by atoms with Gasteiger partial charge in [0.1, 0.15) is 0 Å². The number of aromatic nitrogens is 3. The van der Waals surface area contributed by atoms with Gasteiger partial charge in [-0.3, -0.25) is 4.57 Å². The Balaban J connectivity index is 2.18.